The molecular formula is C11H24N2O. The van der Waals surface area contributed by atoms with Crippen LogP contribution in [-0.2, 0) is 4.74 Å². The average Bonchev–Trinajstić information content (AvgIpc) is 1.94. The normalized spacial score (nSPS) is 20.1. The van der Waals surface area contributed by atoms with E-state index in [2.05, 4.69) is 38.2 Å². The highest BCUT2D eigenvalue weighted by Crippen LogP contribution is 2.09. The van der Waals surface area contributed by atoms with Crippen LogP contribution in [0.5, 0.6) is 0 Å². The highest BCUT2D eigenvalue weighted by Gasteiger charge is 2.22. The Balaban J connectivity index is 2.26. The van der Waals surface area contributed by atoms with E-state index in [-0.39, 0.29) is 0 Å². The molecule has 1 heterocycles. The number of nitrogens with one attached hydrogen (secondary N) is 1. The number of rotatable bonds is 6. The summed E-state index contributed by atoms with van der Waals surface area (Å²) in [6, 6.07) is 1.21. The fourth-order valence-electron chi connectivity index (χ4n) is 1.87. The topological polar surface area (TPSA) is 24.5 Å². The molecule has 0 aromatic heterocycles. The van der Waals surface area contributed by atoms with E-state index in [0.29, 0.717) is 12.1 Å². The highest BCUT2D eigenvalue weighted by atomic mass is 16.5. The van der Waals surface area contributed by atoms with Crippen LogP contribution in [0.3, 0.4) is 0 Å². The van der Waals surface area contributed by atoms with Crippen molar-refractivity contribution in [2.75, 3.05) is 33.9 Å². The van der Waals surface area contributed by atoms with Crippen molar-refractivity contribution in [1.29, 1.82) is 0 Å². The van der Waals surface area contributed by atoms with E-state index in [1.54, 1.807) is 0 Å². The summed E-state index contributed by atoms with van der Waals surface area (Å²) in [6.45, 7) is 7.46. The van der Waals surface area contributed by atoms with Crippen molar-refractivity contribution in [3.63, 3.8) is 0 Å². The molecule has 3 nitrogen and oxygen atoms in total. The molecule has 1 fully saturated rings. The lowest BCUT2D eigenvalue weighted by Gasteiger charge is -2.33. The first kappa shape index (κ1) is 12.0. The van der Waals surface area contributed by atoms with Gasteiger partial charge in [-0.05, 0) is 26.4 Å². The Morgan fingerprint density at radius 1 is 1.36 bits per heavy atom. The lowest BCUT2D eigenvalue weighted by Crippen LogP contribution is -2.53. The predicted octanol–water partition coefficient (Wildman–Crippen LogP) is 0.951. The van der Waals surface area contributed by atoms with Gasteiger partial charge in [-0.25, -0.2) is 0 Å². The second kappa shape index (κ2) is 5.69. The molecule has 0 radical (unpaired) electrons. The van der Waals surface area contributed by atoms with Gasteiger partial charge >= 0.3 is 0 Å². The van der Waals surface area contributed by atoms with Crippen molar-refractivity contribution in [3.8, 4) is 0 Å². The minimum atomic E-state index is 0.596. The van der Waals surface area contributed by atoms with E-state index in [9.17, 15) is 0 Å². The van der Waals surface area contributed by atoms with E-state index in [4.69, 9.17) is 4.74 Å². The summed E-state index contributed by atoms with van der Waals surface area (Å²) in [5.41, 5.74) is 0. The quantitative estimate of drug-likeness (QED) is 0.691. The first-order chi connectivity index (χ1) is 6.58. The zero-order valence-corrected chi connectivity index (χ0v) is 9.92. The van der Waals surface area contributed by atoms with E-state index >= 15 is 0 Å². The maximum atomic E-state index is 5.17. The average molecular weight is 200 g/mol. The fraction of sp³-hybridized carbons (Fsp3) is 1.00. The first-order valence-corrected chi connectivity index (χ1v) is 5.56. The molecule has 0 spiro atoms. The Hall–Kier alpha value is -0.120. The Kier molecular flexibility index (Phi) is 4.85. The standard InChI is InChI=1S/C11H24N2O/c1-9(2)5-10(6-13(3)4)12-11-7-14-8-11/h9-12H,5-8H2,1-4H3. The zero-order valence-electron chi connectivity index (χ0n) is 9.92. The summed E-state index contributed by atoms with van der Waals surface area (Å²) in [5, 5.41) is 3.65. The molecule has 0 aromatic carbocycles. The van der Waals surface area contributed by atoms with Crippen LogP contribution in [0.4, 0.5) is 0 Å². The Morgan fingerprint density at radius 2 is 2.00 bits per heavy atom. The van der Waals surface area contributed by atoms with Crippen molar-refractivity contribution in [2.45, 2.75) is 32.4 Å². The van der Waals surface area contributed by atoms with Gasteiger partial charge in [-0.1, -0.05) is 13.8 Å². The van der Waals surface area contributed by atoms with Crippen LogP contribution in [0.1, 0.15) is 20.3 Å². The van der Waals surface area contributed by atoms with Gasteiger partial charge in [0.1, 0.15) is 0 Å². The van der Waals surface area contributed by atoms with E-state index < -0.39 is 0 Å². The van der Waals surface area contributed by atoms with Gasteiger partial charge in [0.15, 0.2) is 0 Å². The van der Waals surface area contributed by atoms with Gasteiger partial charge in [-0.3, -0.25) is 0 Å². The largest absolute Gasteiger partial charge is 0.378 e. The molecule has 1 rings (SSSR count). The highest BCUT2D eigenvalue weighted by molar-refractivity contribution is 4.80. The van der Waals surface area contributed by atoms with Gasteiger partial charge in [0.05, 0.1) is 19.3 Å². The molecule has 0 amide bonds. The molecule has 84 valence electrons. The molecule has 0 bridgehead atoms. The van der Waals surface area contributed by atoms with Gasteiger partial charge in [-0.15, -0.1) is 0 Å². The van der Waals surface area contributed by atoms with E-state index in [1.165, 1.54) is 6.42 Å². The van der Waals surface area contributed by atoms with Gasteiger partial charge in [0.2, 0.25) is 0 Å². The minimum absolute atomic E-state index is 0.596. The van der Waals surface area contributed by atoms with Crippen LogP contribution in [0.15, 0.2) is 0 Å². The zero-order chi connectivity index (χ0) is 10.6. The predicted molar refractivity (Wildman–Crippen MR) is 59.5 cm³/mol. The number of hydrogen-bond acceptors (Lipinski definition) is 3. The fourth-order valence-corrected chi connectivity index (χ4v) is 1.87. The van der Waals surface area contributed by atoms with Crippen LogP contribution in [-0.4, -0.2) is 50.8 Å². The van der Waals surface area contributed by atoms with Crippen molar-refractivity contribution in [1.82, 2.24) is 10.2 Å². The maximum absolute atomic E-state index is 5.17. The van der Waals surface area contributed by atoms with E-state index in [1.807, 2.05) is 0 Å². The van der Waals surface area contributed by atoms with Crippen molar-refractivity contribution >= 4 is 0 Å². The second-order valence-corrected chi connectivity index (χ2v) is 4.99. The molecular weight excluding hydrogens is 176 g/mol. The molecule has 0 saturated carbocycles. The number of ether oxygens (including phenoxy) is 1. The molecule has 1 aliphatic heterocycles. The maximum Gasteiger partial charge on any atom is 0.0643 e. The Labute approximate surface area is 87.8 Å². The molecule has 14 heavy (non-hydrogen) atoms. The summed E-state index contributed by atoms with van der Waals surface area (Å²) < 4.78 is 5.17. The summed E-state index contributed by atoms with van der Waals surface area (Å²) >= 11 is 0. The van der Waals surface area contributed by atoms with Crippen molar-refractivity contribution in [3.05, 3.63) is 0 Å². The summed E-state index contributed by atoms with van der Waals surface area (Å²) in [6.07, 6.45) is 1.24. The first-order valence-electron chi connectivity index (χ1n) is 5.56. The van der Waals surface area contributed by atoms with Gasteiger partial charge in [-0.2, -0.15) is 0 Å². The summed E-state index contributed by atoms with van der Waals surface area (Å²) in [7, 11) is 4.26. The Bertz CT molecular complexity index is 145. The third-order valence-corrected chi connectivity index (χ3v) is 2.45. The van der Waals surface area contributed by atoms with Gasteiger partial charge in [0.25, 0.3) is 0 Å². The van der Waals surface area contributed by atoms with Crippen LogP contribution in [0.2, 0.25) is 0 Å². The number of nitrogens with zero attached hydrogens (tertiary/aromatic N) is 1. The van der Waals surface area contributed by atoms with Crippen molar-refractivity contribution < 1.29 is 4.74 Å². The molecule has 1 atom stereocenters. The third-order valence-electron chi connectivity index (χ3n) is 2.45. The monoisotopic (exact) mass is 200 g/mol. The molecule has 1 unspecified atom stereocenters. The molecule has 1 N–H and O–H groups in total. The lowest BCUT2D eigenvalue weighted by molar-refractivity contribution is -0.0122. The Morgan fingerprint density at radius 3 is 2.36 bits per heavy atom. The second-order valence-electron chi connectivity index (χ2n) is 4.99. The van der Waals surface area contributed by atoms with Crippen LogP contribution >= 0.6 is 0 Å². The molecule has 1 saturated heterocycles. The number of likely N-dealkylation sites (N-methyl/N-ethyl adjacent to an activating group) is 1. The van der Waals surface area contributed by atoms with Gasteiger partial charge in [0, 0.05) is 12.6 Å². The summed E-state index contributed by atoms with van der Waals surface area (Å²) in [4.78, 5) is 2.25. The molecule has 1 aliphatic rings. The van der Waals surface area contributed by atoms with Crippen LogP contribution < -0.4 is 5.32 Å². The molecule has 0 aliphatic carbocycles. The van der Waals surface area contributed by atoms with Crippen LogP contribution in [0, 0.1) is 5.92 Å². The summed E-state index contributed by atoms with van der Waals surface area (Å²) in [5.74, 6) is 0.758. The third kappa shape index (κ3) is 4.40. The SMILES string of the molecule is CC(C)CC(CN(C)C)NC1COC1. The minimum Gasteiger partial charge on any atom is -0.378 e. The molecule has 0 aromatic rings. The number of hydrogen-bond donors (Lipinski definition) is 1. The molecule has 3 heteroatoms. The smallest absolute Gasteiger partial charge is 0.0643 e. The lowest BCUT2D eigenvalue weighted by atomic mass is 10.0. The van der Waals surface area contributed by atoms with Gasteiger partial charge < -0.3 is 15.0 Å². The van der Waals surface area contributed by atoms with E-state index in [0.717, 1.165) is 25.7 Å². The van der Waals surface area contributed by atoms with Crippen LogP contribution in [0.25, 0.3) is 0 Å². The van der Waals surface area contributed by atoms with Crippen molar-refractivity contribution in [2.24, 2.45) is 5.92 Å².